The summed E-state index contributed by atoms with van der Waals surface area (Å²) < 4.78 is 8.59. The van der Waals surface area contributed by atoms with Crippen LogP contribution >= 0.6 is 0 Å². The molecular weight excluding hydrogens is 725 g/mol. The predicted molar refractivity (Wildman–Crippen MR) is 237 cm³/mol. The van der Waals surface area contributed by atoms with E-state index in [1.165, 1.54) is 28.1 Å². The second-order valence-corrected chi connectivity index (χ2v) is 15.7. The Bertz CT molecular complexity index is 2430. The first kappa shape index (κ1) is 39.4. The van der Waals surface area contributed by atoms with Crippen LogP contribution in [0.4, 0.5) is 0 Å². The number of rotatable bonds is 17. The normalized spacial score (nSPS) is 11.7. The summed E-state index contributed by atoms with van der Waals surface area (Å²) in [4.78, 5) is 1.79. The summed E-state index contributed by atoms with van der Waals surface area (Å²) in [5.41, 5.74) is 11.4. The Kier molecular flexibility index (Phi) is 12.3. The van der Waals surface area contributed by atoms with E-state index in [1.54, 1.807) is 4.80 Å². The molecule has 0 aliphatic rings. The maximum Gasteiger partial charge on any atom is 0.205 e. The summed E-state index contributed by atoms with van der Waals surface area (Å²) in [6.45, 7) is 8.70. The van der Waals surface area contributed by atoms with Gasteiger partial charge in [-0.25, -0.2) is 0 Å². The van der Waals surface area contributed by atoms with Crippen LogP contribution in [0.1, 0.15) is 78.4 Å². The fraction of sp³-hybridized carbons (Fsp3) is 0.231. The van der Waals surface area contributed by atoms with Crippen LogP contribution in [0.5, 0.6) is 0 Å². The number of hydrogen-bond donors (Lipinski definition) is 0. The predicted octanol–water partition coefficient (Wildman–Crippen LogP) is 11.3. The van der Waals surface area contributed by atoms with Crippen LogP contribution < -0.4 is 0 Å². The van der Waals surface area contributed by atoms with E-state index in [2.05, 4.69) is 165 Å². The lowest BCUT2D eigenvalue weighted by Gasteiger charge is -2.34. The smallest absolute Gasteiger partial charge is 0.205 e. The van der Waals surface area contributed by atoms with Gasteiger partial charge in [0.15, 0.2) is 5.54 Å². The Hall–Kier alpha value is -6.44. The summed E-state index contributed by atoms with van der Waals surface area (Å²) in [7, 11) is 0. The molecule has 6 aromatic carbocycles. The lowest BCUT2D eigenvalue weighted by Crippen LogP contribution is -2.39. The molecule has 296 valence electrons. The fourth-order valence-corrected chi connectivity index (χ4v) is 8.12. The van der Waals surface area contributed by atoms with Crippen LogP contribution in [0, 0.1) is 5.92 Å². The van der Waals surface area contributed by atoms with Crippen molar-refractivity contribution in [1.29, 1.82) is 0 Å². The molecule has 2 heterocycles. The molecule has 0 amide bonds. The van der Waals surface area contributed by atoms with E-state index in [1.807, 2.05) is 30.3 Å². The third kappa shape index (κ3) is 8.57. The molecule has 0 bridgehead atoms. The van der Waals surface area contributed by atoms with Gasteiger partial charge in [-0.05, 0) is 62.9 Å². The summed E-state index contributed by atoms with van der Waals surface area (Å²) >= 11 is 0. The molecular formula is C52H52N6O. The van der Waals surface area contributed by atoms with E-state index >= 15 is 0 Å². The number of aromatic nitrogens is 6. The van der Waals surface area contributed by atoms with Crippen molar-refractivity contribution < 1.29 is 4.74 Å². The molecule has 59 heavy (non-hydrogen) atoms. The van der Waals surface area contributed by atoms with Gasteiger partial charge in [-0.3, -0.25) is 4.68 Å². The Labute approximate surface area is 348 Å². The van der Waals surface area contributed by atoms with Gasteiger partial charge in [-0.15, -0.1) is 15.0 Å². The molecule has 0 saturated heterocycles. The van der Waals surface area contributed by atoms with Gasteiger partial charge in [0, 0.05) is 24.1 Å². The van der Waals surface area contributed by atoms with Gasteiger partial charge < -0.3 is 4.74 Å². The van der Waals surface area contributed by atoms with Crippen LogP contribution in [0.15, 0.2) is 170 Å². The minimum atomic E-state index is -0.851. The van der Waals surface area contributed by atoms with Crippen molar-refractivity contribution in [1.82, 2.24) is 30.0 Å². The van der Waals surface area contributed by atoms with Crippen LogP contribution in [0.2, 0.25) is 0 Å². The Morgan fingerprint density at radius 3 is 1.73 bits per heavy atom. The van der Waals surface area contributed by atoms with E-state index in [0.29, 0.717) is 25.0 Å². The lowest BCUT2D eigenvalue weighted by molar-refractivity contribution is 0.100. The zero-order valence-electron chi connectivity index (χ0n) is 34.3. The molecule has 0 N–H and O–H groups in total. The molecule has 0 saturated carbocycles. The maximum atomic E-state index is 6.37. The second kappa shape index (κ2) is 18.4. The summed E-state index contributed by atoms with van der Waals surface area (Å²) in [5.74, 6) is 1.03. The van der Waals surface area contributed by atoms with E-state index in [9.17, 15) is 0 Å². The molecule has 0 aliphatic heterocycles. The van der Waals surface area contributed by atoms with Crippen molar-refractivity contribution >= 4 is 0 Å². The lowest BCUT2D eigenvalue weighted by atomic mass is 9.77. The van der Waals surface area contributed by atoms with Crippen molar-refractivity contribution in [2.45, 2.75) is 71.8 Å². The molecule has 7 heteroatoms. The third-order valence-electron chi connectivity index (χ3n) is 11.0. The standard InChI is InChI=1S/C52H52N6O/c1-4-5-30-49-48(50(57(54-49)36-39(2)3)38-59-37-41-20-10-6-11-21-41)35-40-31-33-42(34-32-40)46-28-18-19-29-47(46)51-53-56-58(55-51)52(43-22-12-7-13-23-43,44-24-14-8-15-25-44)45-26-16-9-17-27-45/h6-29,31-34,39H,4-5,30,35-38H2,1-3H3. The molecule has 0 aliphatic carbocycles. The summed E-state index contributed by atoms with van der Waals surface area (Å²) in [6.07, 6.45) is 3.98. The van der Waals surface area contributed by atoms with E-state index in [0.717, 1.165) is 65.6 Å². The Morgan fingerprint density at radius 2 is 1.15 bits per heavy atom. The first-order valence-corrected chi connectivity index (χ1v) is 20.9. The number of benzene rings is 6. The van der Waals surface area contributed by atoms with Gasteiger partial charge in [0.05, 0.1) is 24.6 Å². The molecule has 0 unspecified atom stereocenters. The number of nitrogens with zero attached hydrogens (tertiary/aromatic N) is 6. The molecule has 7 nitrogen and oxygen atoms in total. The number of aryl methyl sites for hydroxylation is 1. The SMILES string of the molecule is CCCCc1nn(CC(C)C)c(COCc2ccccc2)c1Cc1ccc(-c2ccccc2-c2nnn(C(c3ccccc3)(c3ccccc3)c3ccccc3)n2)cc1. The molecule has 0 atom stereocenters. The van der Waals surface area contributed by atoms with Crippen molar-refractivity contribution in [2.75, 3.05) is 0 Å². The van der Waals surface area contributed by atoms with Crippen LogP contribution in [-0.2, 0) is 42.9 Å². The quantitative estimate of drug-likeness (QED) is 0.0861. The molecule has 8 rings (SSSR count). The van der Waals surface area contributed by atoms with Gasteiger partial charge in [0.1, 0.15) is 0 Å². The third-order valence-corrected chi connectivity index (χ3v) is 11.0. The molecule has 0 fully saturated rings. The minimum absolute atomic E-state index is 0.469. The second-order valence-electron chi connectivity index (χ2n) is 15.7. The monoisotopic (exact) mass is 776 g/mol. The van der Waals surface area contributed by atoms with Crippen LogP contribution in [0.3, 0.4) is 0 Å². The maximum absolute atomic E-state index is 6.37. The Balaban J connectivity index is 1.13. The highest BCUT2D eigenvalue weighted by Gasteiger charge is 2.41. The number of unbranched alkanes of at least 4 members (excludes halogenated alkanes) is 1. The summed E-state index contributed by atoms with van der Waals surface area (Å²) in [5, 5.41) is 20.0. The topological polar surface area (TPSA) is 70.7 Å². The average Bonchev–Trinajstić information content (AvgIpc) is 3.90. The largest absolute Gasteiger partial charge is 0.370 e. The fourth-order valence-electron chi connectivity index (χ4n) is 8.12. The van der Waals surface area contributed by atoms with Gasteiger partial charge in [0.25, 0.3) is 0 Å². The minimum Gasteiger partial charge on any atom is -0.370 e. The van der Waals surface area contributed by atoms with Gasteiger partial charge in [-0.2, -0.15) is 5.10 Å². The van der Waals surface area contributed by atoms with Crippen molar-refractivity contribution in [3.05, 3.63) is 215 Å². The van der Waals surface area contributed by atoms with E-state index in [-0.39, 0.29) is 0 Å². The molecule has 8 aromatic rings. The van der Waals surface area contributed by atoms with Gasteiger partial charge in [0.2, 0.25) is 5.82 Å². The van der Waals surface area contributed by atoms with Gasteiger partial charge >= 0.3 is 0 Å². The van der Waals surface area contributed by atoms with Gasteiger partial charge in [-0.1, -0.05) is 197 Å². The van der Waals surface area contributed by atoms with E-state index in [4.69, 9.17) is 25.2 Å². The van der Waals surface area contributed by atoms with Crippen molar-refractivity contribution in [3.63, 3.8) is 0 Å². The average molecular weight is 777 g/mol. The number of ether oxygens (including phenoxy) is 1. The highest BCUT2D eigenvalue weighted by Crippen LogP contribution is 2.40. The molecule has 2 aromatic heterocycles. The number of tetrazole rings is 1. The first-order valence-electron chi connectivity index (χ1n) is 20.9. The zero-order chi connectivity index (χ0) is 40.4. The highest BCUT2D eigenvalue weighted by atomic mass is 16.5. The molecule has 0 spiro atoms. The van der Waals surface area contributed by atoms with Crippen molar-refractivity contribution in [3.8, 4) is 22.5 Å². The van der Waals surface area contributed by atoms with Crippen molar-refractivity contribution in [2.24, 2.45) is 5.92 Å². The number of hydrogen-bond acceptors (Lipinski definition) is 5. The first-order chi connectivity index (χ1) is 29.0. The van der Waals surface area contributed by atoms with Crippen LogP contribution in [-0.4, -0.2) is 30.0 Å². The molecule has 0 radical (unpaired) electrons. The van der Waals surface area contributed by atoms with E-state index < -0.39 is 5.54 Å². The summed E-state index contributed by atoms with van der Waals surface area (Å²) in [6, 6.07) is 59.0. The zero-order valence-corrected chi connectivity index (χ0v) is 34.3. The highest BCUT2D eigenvalue weighted by molar-refractivity contribution is 5.80. The Morgan fingerprint density at radius 1 is 0.593 bits per heavy atom. The van der Waals surface area contributed by atoms with Crippen LogP contribution in [0.25, 0.3) is 22.5 Å².